The molecule has 4 rings (SSSR count). The van der Waals surface area contributed by atoms with Crippen molar-refractivity contribution in [2.45, 2.75) is 26.3 Å². The zero-order chi connectivity index (χ0) is 21.3. The van der Waals surface area contributed by atoms with Crippen LogP contribution >= 0.6 is 0 Å². The van der Waals surface area contributed by atoms with Crippen molar-refractivity contribution in [2.24, 2.45) is 0 Å². The number of halogens is 4. The van der Waals surface area contributed by atoms with Crippen molar-refractivity contribution in [2.75, 3.05) is 11.9 Å². The molecule has 2 N–H and O–H groups in total. The number of fused-ring (bicyclic) bond motifs is 1. The van der Waals surface area contributed by atoms with E-state index in [0.29, 0.717) is 28.2 Å². The molecule has 0 atom stereocenters. The molecule has 0 fully saturated rings. The van der Waals surface area contributed by atoms with Gasteiger partial charge in [0.25, 0.3) is 12.9 Å². The van der Waals surface area contributed by atoms with E-state index in [2.05, 4.69) is 35.6 Å². The summed E-state index contributed by atoms with van der Waals surface area (Å²) in [7, 11) is 0. The Balaban J connectivity index is 1.79. The average molecular weight is 420 g/mol. The fourth-order valence-corrected chi connectivity index (χ4v) is 2.97. The quantitative estimate of drug-likeness (QED) is 0.444. The number of aryl methyl sites for hydroxylation is 1. The van der Waals surface area contributed by atoms with Crippen molar-refractivity contribution in [3.05, 3.63) is 36.4 Å². The van der Waals surface area contributed by atoms with E-state index in [4.69, 9.17) is 0 Å². The Bertz CT molecular complexity index is 1170. The molecule has 0 radical (unpaired) electrons. The Kier molecular flexibility index (Phi) is 5.29. The van der Waals surface area contributed by atoms with Crippen molar-refractivity contribution in [3.8, 4) is 22.5 Å². The number of nitrogens with one attached hydrogen (secondary N) is 2. The third kappa shape index (κ3) is 4.07. The first-order valence-corrected chi connectivity index (χ1v) is 8.93. The van der Waals surface area contributed by atoms with E-state index in [1.54, 1.807) is 12.1 Å². The number of hydrogen-bond acceptors (Lipinski definition) is 6. The van der Waals surface area contributed by atoms with Gasteiger partial charge in [-0.3, -0.25) is 9.78 Å². The first kappa shape index (κ1) is 19.7. The fraction of sp³-hybridized carbons (Fsp3) is 0.278. The Labute approximate surface area is 167 Å². The van der Waals surface area contributed by atoms with Gasteiger partial charge >= 0.3 is 0 Å². The summed E-state index contributed by atoms with van der Waals surface area (Å²) in [6, 6.07) is 3.35. The van der Waals surface area contributed by atoms with Gasteiger partial charge in [0.05, 0.1) is 12.2 Å². The van der Waals surface area contributed by atoms with Crippen LogP contribution in [0.15, 0.2) is 30.7 Å². The molecule has 0 aliphatic heterocycles. The number of H-pyrrole nitrogens is 1. The number of hydrogen-bond donors (Lipinski definition) is 2. The summed E-state index contributed by atoms with van der Waals surface area (Å²) in [4.78, 5) is 12.4. The number of nitrogens with zero attached hydrogens (tertiary/aromatic N) is 6. The predicted octanol–water partition coefficient (Wildman–Crippen LogP) is 3.53. The molecule has 30 heavy (non-hydrogen) atoms. The molecule has 0 aliphatic rings. The molecular weight excluding hydrogens is 404 g/mol. The van der Waals surface area contributed by atoms with E-state index >= 15 is 0 Å². The molecule has 4 heterocycles. The van der Waals surface area contributed by atoms with Crippen LogP contribution in [0.5, 0.6) is 0 Å². The van der Waals surface area contributed by atoms with E-state index in [0.717, 1.165) is 15.8 Å². The minimum absolute atomic E-state index is 0.000356. The molecule has 0 bridgehead atoms. The molecule has 0 spiro atoms. The summed E-state index contributed by atoms with van der Waals surface area (Å²) in [5.74, 6) is -0.000356. The third-order valence-corrected chi connectivity index (χ3v) is 4.31. The number of anilines is 1. The second kappa shape index (κ2) is 8.05. The molecule has 156 valence electrons. The summed E-state index contributed by atoms with van der Waals surface area (Å²) in [6.45, 7) is 0.624. The Morgan fingerprint density at radius 3 is 2.77 bits per heavy atom. The molecule has 0 aliphatic carbocycles. The lowest BCUT2D eigenvalue weighted by molar-refractivity contribution is 0.122. The fourth-order valence-electron chi connectivity index (χ4n) is 2.97. The first-order valence-electron chi connectivity index (χ1n) is 8.93. The van der Waals surface area contributed by atoms with Crippen LogP contribution in [0.2, 0.25) is 0 Å². The van der Waals surface area contributed by atoms with Gasteiger partial charge in [-0.05, 0) is 19.1 Å². The monoisotopic (exact) mass is 420 g/mol. The highest BCUT2D eigenvalue weighted by molar-refractivity contribution is 5.86. The van der Waals surface area contributed by atoms with Crippen molar-refractivity contribution in [3.63, 3.8) is 0 Å². The summed E-state index contributed by atoms with van der Waals surface area (Å²) in [5, 5.41) is 14.4. The number of alkyl halides is 4. The van der Waals surface area contributed by atoms with Crippen LogP contribution in [0.4, 0.5) is 23.5 Å². The van der Waals surface area contributed by atoms with Gasteiger partial charge in [-0.25, -0.2) is 32.5 Å². The average Bonchev–Trinajstić information content (AvgIpc) is 3.30. The molecule has 0 amide bonds. The van der Waals surface area contributed by atoms with Crippen LogP contribution in [-0.4, -0.2) is 54.3 Å². The topological polar surface area (TPSA) is 97.2 Å². The van der Waals surface area contributed by atoms with E-state index in [9.17, 15) is 17.6 Å². The molecule has 12 heteroatoms. The maximum absolute atomic E-state index is 12.9. The first-order chi connectivity index (χ1) is 14.4. The van der Waals surface area contributed by atoms with Crippen molar-refractivity contribution in [1.29, 1.82) is 0 Å². The maximum atomic E-state index is 12.9. The second-order valence-electron chi connectivity index (χ2n) is 6.49. The van der Waals surface area contributed by atoms with Gasteiger partial charge in [-0.1, -0.05) is 0 Å². The van der Waals surface area contributed by atoms with Crippen molar-refractivity contribution in [1.82, 2.24) is 34.9 Å². The van der Waals surface area contributed by atoms with Crippen LogP contribution < -0.4 is 5.32 Å². The zero-order valence-electron chi connectivity index (χ0n) is 15.7. The minimum Gasteiger partial charge on any atom is -0.348 e. The van der Waals surface area contributed by atoms with Gasteiger partial charge in [-0.2, -0.15) is 10.2 Å². The molecule has 4 aromatic rings. The number of aromatic amines is 1. The number of rotatable bonds is 7. The molecule has 8 nitrogen and oxygen atoms in total. The van der Waals surface area contributed by atoms with E-state index in [1.807, 2.05) is 6.92 Å². The van der Waals surface area contributed by atoms with Gasteiger partial charge in [0.15, 0.2) is 5.65 Å². The van der Waals surface area contributed by atoms with Crippen molar-refractivity contribution < 1.29 is 17.6 Å². The number of aromatic nitrogens is 7. The highest BCUT2D eigenvalue weighted by Gasteiger charge is 2.18. The summed E-state index contributed by atoms with van der Waals surface area (Å²) in [5.41, 5.74) is 3.07. The molecule has 4 aromatic heterocycles. The van der Waals surface area contributed by atoms with Gasteiger partial charge in [0, 0.05) is 40.8 Å². The van der Waals surface area contributed by atoms with Crippen LogP contribution in [0.1, 0.15) is 5.69 Å². The Morgan fingerprint density at radius 2 is 2.00 bits per heavy atom. The van der Waals surface area contributed by atoms with Gasteiger partial charge in [-0.15, -0.1) is 0 Å². The van der Waals surface area contributed by atoms with Crippen LogP contribution in [-0.2, 0) is 6.54 Å². The van der Waals surface area contributed by atoms with Crippen LogP contribution in [0.3, 0.4) is 0 Å². The normalized spacial score (nSPS) is 11.7. The summed E-state index contributed by atoms with van der Waals surface area (Å²) < 4.78 is 51.9. The Hall–Kier alpha value is -3.57. The van der Waals surface area contributed by atoms with E-state index in [1.165, 1.54) is 18.6 Å². The number of pyridine rings is 1. The second-order valence-corrected chi connectivity index (χ2v) is 6.49. The van der Waals surface area contributed by atoms with Crippen LogP contribution in [0.25, 0.3) is 33.5 Å². The predicted molar refractivity (Wildman–Crippen MR) is 101 cm³/mol. The van der Waals surface area contributed by atoms with Crippen molar-refractivity contribution >= 4 is 17.0 Å². The SMILES string of the molecule is Cc1[nH]nc2ncc(-c3nn(CC(F)F)cc3-c3ccnc(NCC(F)F)n3)cc12. The summed E-state index contributed by atoms with van der Waals surface area (Å²) in [6.07, 6.45) is -0.800. The van der Waals surface area contributed by atoms with E-state index in [-0.39, 0.29) is 5.95 Å². The molecule has 0 saturated heterocycles. The lowest BCUT2D eigenvalue weighted by Gasteiger charge is -2.06. The highest BCUT2D eigenvalue weighted by atomic mass is 19.3. The van der Waals surface area contributed by atoms with Gasteiger partial charge in [0.1, 0.15) is 12.2 Å². The molecular formula is C18H16F4N8. The van der Waals surface area contributed by atoms with E-state index < -0.39 is 25.9 Å². The lowest BCUT2D eigenvalue weighted by atomic mass is 10.1. The molecule has 0 saturated carbocycles. The third-order valence-electron chi connectivity index (χ3n) is 4.31. The molecule has 0 unspecified atom stereocenters. The Morgan fingerprint density at radius 1 is 1.17 bits per heavy atom. The summed E-state index contributed by atoms with van der Waals surface area (Å²) >= 11 is 0. The zero-order valence-corrected chi connectivity index (χ0v) is 15.7. The minimum atomic E-state index is -2.60. The lowest BCUT2D eigenvalue weighted by Crippen LogP contribution is -2.12. The maximum Gasteiger partial charge on any atom is 0.257 e. The standard InChI is InChI=1S/C18H16F4N8/c1-9-11-4-10(5-24-17(11)28-27-9)16-12(7-30(29-16)8-15(21)22)13-2-3-23-18(26-13)25-6-14(19)20/h2-5,7,14-15H,6,8H2,1H3,(H,23,25,26)(H,24,27,28). The van der Waals surface area contributed by atoms with Gasteiger partial charge in [0.2, 0.25) is 5.95 Å². The van der Waals surface area contributed by atoms with Crippen LogP contribution in [0, 0.1) is 6.92 Å². The highest BCUT2D eigenvalue weighted by Crippen LogP contribution is 2.32. The van der Waals surface area contributed by atoms with Gasteiger partial charge < -0.3 is 5.32 Å². The largest absolute Gasteiger partial charge is 0.348 e. The molecule has 0 aromatic carbocycles. The smallest absolute Gasteiger partial charge is 0.257 e.